The van der Waals surface area contributed by atoms with E-state index >= 15 is 0 Å². The zero-order chi connectivity index (χ0) is 13.3. The van der Waals surface area contributed by atoms with Crippen molar-refractivity contribution in [2.75, 3.05) is 0 Å². The van der Waals surface area contributed by atoms with Gasteiger partial charge in [0.25, 0.3) is 0 Å². The SMILES string of the molecule is CCc1ccc(C(O)c2c(F)ccc(Br)c2F)o1. The van der Waals surface area contributed by atoms with Gasteiger partial charge in [0.05, 0.1) is 10.0 Å². The first-order valence-electron chi connectivity index (χ1n) is 5.44. The smallest absolute Gasteiger partial charge is 0.146 e. The molecular formula is C13H11BrF2O2. The second-order valence-corrected chi connectivity index (χ2v) is 4.67. The number of benzene rings is 1. The quantitative estimate of drug-likeness (QED) is 0.869. The number of halogens is 3. The van der Waals surface area contributed by atoms with Gasteiger partial charge in [0.15, 0.2) is 0 Å². The van der Waals surface area contributed by atoms with E-state index in [2.05, 4.69) is 15.9 Å². The summed E-state index contributed by atoms with van der Waals surface area (Å²) >= 11 is 2.96. The molecule has 2 aromatic rings. The third-order valence-corrected chi connectivity index (χ3v) is 3.27. The Morgan fingerprint density at radius 1 is 1.28 bits per heavy atom. The minimum absolute atomic E-state index is 0.0974. The van der Waals surface area contributed by atoms with Crippen molar-refractivity contribution in [3.05, 3.63) is 57.5 Å². The molecule has 1 unspecified atom stereocenters. The first kappa shape index (κ1) is 13.2. The lowest BCUT2D eigenvalue weighted by Crippen LogP contribution is -2.05. The van der Waals surface area contributed by atoms with E-state index in [-0.39, 0.29) is 10.2 Å². The van der Waals surface area contributed by atoms with Crippen LogP contribution < -0.4 is 0 Å². The van der Waals surface area contributed by atoms with Gasteiger partial charge < -0.3 is 9.52 Å². The van der Waals surface area contributed by atoms with Crippen LogP contribution in [-0.2, 0) is 6.42 Å². The fourth-order valence-corrected chi connectivity index (χ4v) is 2.01. The van der Waals surface area contributed by atoms with Crippen LogP contribution in [0.3, 0.4) is 0 Å². The number of aryl methyl sites for hydroxylation is 1. The second-order valence-electron chi connectivity index (χ2n) is 3.82. The first-order chi connectivity index (χ1) is 8.54. The fourth-order valence-electron chi connectivity index (χ4n) is 1.67. The van der Waals surface area contributed by atoms with Crippen molar-refractivity contribution >= 4 is 15.9 Å². The monoisotopic (exact) mass is 316 g/mol. The van der Waals surface area contributed by atoms with E-state index in [0.29, 0.717) is 12.2 Å². The van der Waals surface area contributed by atoms with E-state index in [1.54, 1.807) is 6.07 Å². The molecule has 5 heteroatoms. The predicted octanol–water partition coefficient (Wildman–Crippen LogP) is 3.96. The van der Waals surface area contributed by atoms with E-state index in [1.165, 1.54) is 12.1 Å². The van der Waals surface area contributed by atoms with Gasteiger partial charge in [-0.05, 0) is 40.2 Å². The molecule has 1 N–H and O–H groups in total. The molecule has 1 aromatic carbocycles. The van der Waals surface area contributed by atoms with Crippen LogP contribution in [0.25, 0.3) is 0 Å². The van der Waals surface area contributed by atoms with Crippen LogP contribution in [0.5, 0.6) is 0 Å². The Balaban J connectivity index is 2.45. The average Bonchev–Trinajstić information content (AvgIpc) is 2.83. The van der Waals surface area contributed by atoms with Crippen LogP contribution in [0.2, 0.25) is 0 Å². The Bertz CT molecular complexity index is 566. The van der Waals surface area contributed by atoms with Crippen molar-refractivity contribution in [2.45, 2.75) is 19.4 Å². The Hall–Kier alpha value is -1.20. The van der Waals surface area contributed by atoms with E-state index in [9.17, 15) is 13.9 Å². The average molecular weight is 317 g/mol. The van der Waals surface area contributed by atoms with Crippen LogP contribution in [-0.4, -0.2) is 5.11 Å². The van der Waals surface area contributed by atoms with Crippen molar-refractivity contribution in [1.29, 1.82) is 0 Å². The topological polar surface area (TPSA) is 33.4 Å². The molecule has 1 aromatic heterocycles. The van der Waals surface area contributed by atoms with E-state index in [1.807, 2.05) is 6.92 Å². The molecule has 0 saturated heterocycles. The van der Waals surface area contributed by atoms with Gasteiger partial charge in [-0.25, -0.2) is 8.78 Å². The molecule has 2 rings (SSSR count). The van der Waals surface area contributed by atoms with Gasteiger partial charge in [0.1, 0.15) is 29.3 Å². The molecule has 0 aliphatic carbocycles. The second kappa shape index (κ2) is 5.20. The van der Waals surface area contributed by atoms with Gasteiger partial charge >= 0.3 is 0 Å². The Morgan fingerprint density at radius 2 is 2.00 bits per heavy atom. The Labute approximate surface area is 111 Å². The molecule has 96 valence electrons. The lowest BCUT2D eigenvalue weighted by molar-refractivity contribution is 0.177. The van der Waals surface area contributed by atoms with Crippen LogP contribution in [0.15, 0.2) is 33.2 Å². The fraction of sp³-hybridized carbons (Fsp3) is 0.231. The van der Waals surface area contributed by atoms with Gasteiger partial charge in [-0.2, -0.15) is 0 Å². The third-order valence-electron chi connectivity index (χ3n) is 2.65. The number of aliphatic hydroxyl groups is 1. The third kappa shape index (κ3) is 2.33. The van der Waals surface area contributed by atoms with Gasteiger partial charge in [0, 0.05) is 6.42 Å². The Kier molecular flexibility index (Phi) is 3.82. The van der Waals surface area contributed by atoms with E-state index in [4.69, 9.17) is 4.42 Å². The molecule has 0 spiro atoms. The largest absolute Gasteiger partial charge is 0.463 e. The summed E-state index contributed by atoms with van der Waals surface area (Å²) in [5.74, 6) is -0.850. The summed E-state index contributed by atoms with van der Waals surface area (Å²) < 4.78 is 32.8. The predicted molar refractivity (Wildman–Crippen MR) is 66.2 cm³/mol. The summed E-state index contributed by atoms with van der Waals surface area (Å²) in [7, 11) is 0. The maximum atomic E-state index is 13.8. The number of aliphatic hydroxyl groups excluding tert-OH is 1. The molecule has 1 atom stereocenters. The summed E-state index contributed by atoms with van der Waals surface area (Å²) in [5, 5.41) is 9.99. The maximum Gasteiger partial charge on any atom is 0.146 e. The first-order valence-corrected chi connectivity index (χ1v) is 6.24. The minimum atomic E-state index is -1.46. The lowest BCUT2D eigenvalue weighted by Gasteiger charge is -2.11. The van der Waals surface area contributed by atoms with Crippen LogP contribution >= 0.6 is 15.9 Å². The number of hydrogen-bond acceptors (Lipinski definition) is 2. The highest BCUT2D eigenvalue weighted by Gasteiger charge is 2.24. The van der Waals surface area contributed by atoms with Gasteiger partial charge in [-0.1, -0.05) is 6.92 Å². The van der Waals surface area contributed by atoms with Gasteiger partial charge in [-0.3, -0.25) is 0 Å². The van der Waals surface area contributed by atoms with Crippen molar-refractivity contribution in [1.82, 2.24) is 0 Å². The highest BCUT2D eigenvalue weighted by molar-refractivity contribution is 9.10. The molecule has 0 aliphatic rings. The highest BCUT2D eigenvalue weighted by Crippen LogP contribution is 2.31. The van der Waals surface area contributed by atoms with Crippen LogP contribution in [0, 0.1) is 11.6 Å². The van der Waals surface area contributed by atoms with E-state index in [0.717, 1.165) is 6.07 Å². The standard InChI is InChI=1S/C13H11BrF2O2/c1-2-7-3-6-10(18-7)13(17)11-9(15)5-4-8(14)12(11)16/h3-6,13,17H,2H2,1H3. The normalized spacial score (nSPS) is 12.7. The summed E-state index contributed by atoms with van der Waals surface area (Å²) in [4.78, 5) is 0. The Morgan fingerprint density at radius 3 is 2.61 bits per heavy atom. The molecule has 1 heterocycles. The van der Waals surface area contributed by atoms with Crippen molar-refractivity contribution < 1.29 is 18.3 Å². The van der Waals surface area contributed by atoms with Crippen molar-refractivity contribution in [3.63, 3.8) is 0 Å². The number of hydrogen-bond donors (Lipinski definition) is 1. The summed E-state index contributed by atoms with van der Waals surface area (Å²) in [6.45, 7) is 1.88. The molecule has 0 amide bonds. The van der Waals surface area contributed by atoms with Gasteiger partial charge in [-0.15, -0.1) is 0 Å². The van der Waals surface area contributed by atoms with Crippen LogP contribution in [0.4, 0.5) is 8.78 Å². The lowest BCUT2D eigenvalue weighted by atomic mass is 10.1. The molecule has 2 nitrogen and oxygen atoms in total. The van der Waals surface area contributed by atoms with Crippen molar-refractivity contribution in [3.8, 4) is 0 Å². The van der Waals surface area contributed by atoms with Gasteiger partial charge in [0.2, 0.25) is 0 Å². The molecular weight excluding hydrogens is 306 g/mol. The molecule has 0 radical (unpaired) electrons. The van der Waals surface area contributed by atoms with Crippen molar-refractivity contribution in [2.24, 2.45) is 0 Å². The zero-order valence-electron chi connectivity index (χ0n) is 9.58. The maximum absolute atomic E-state index is 13.8. The summed E-state index contributed by atoms with van der Waals surface area (Å²) in [6.07, 6.45) is -0.807. The molecule has 18 heavy (non-hydrogen) atoms. The summed E-state index contributed by atoms with van der Waals surface area (Å²) in [6, 6.07) is 5.53. The summed E-state index contributed by atoms with van der Waals surface area (Å²) in [5.41, 5.74) is -0.415. The van der Waals surface area contributed by atoms with E-state index < -0.39 is 23.3 Å². The molecule has 0 aliphatic heterocycles. The zero-order valence-corrected chi connectivity index (χ0v) is 11.2. The molecule has 0 bridgehead atoms. The number of rotatable bonds is 3. The van der Waals surface area contributed by atoms with Crippen LogP contribution in [0.1, 0.15) is 30.1 Å². The number of furan rings is 1. The molecule has 0 fully saturated rings. The molecule has 0 saturated carbocycles. The minimum Gasteiger partial charge on any atom is -0.463 e. The highest BCUT2D eigenvalue weighted by atomic mass is 79.9.